The van der Waals surface area contributed by atoms with E-state index in [1.165, 1.54) is 0 Å². The van der Waals surface area contributed by atoms with Gasteiger partial charge in [-0.2, -0.15) is 0 Å². The Morgan fingerprint density at radius 2 is 1.86 bits per heavy atom. The van der Waals surface area contributed by atoms with Gasteiger partial charge in [0.15, 0.2) is 6.29 Å². The molecule has 0 saturated heterocycles. The number of rotatable bonds is 9. The Balaban J connectivity index is 3.44. The minimum absolute atomic E-state index is 0.0670. The highest BCUT2D eigenvalue weighted by molar-refractivity contribution is 4.90. The van der Waals surface area contributed by atoms with Gasteiger partial charge in [-0.05, 0) is 20.8 Å². The van der Waals surface area contributed by atoms with Crippen LogP contribution in [0.4, 0.5) is 0 Å². The lowest BCUT2D eigenvalue weighted by molar-refractivity contribution is -0.138. The molecule has 0 heterocycles. The molecule has 0 amide bonds. The smallest absolute Gasteiger partial charge is 0.158 e. The van der Waals surface area contributed by atoms with Crippen LogP contribution >= 0.6 is 0 Å². The van der Waals surface area contributed by atoms with Crippen molar-refractivity contribution >= 4 is 0 Å². The normalized spacial score (nSPS) is 10.9. The van der Waals surface area contributed by atoms with Crippen LogP contribution in [0.5, 0.6) is 0 Å². The van der Waals surface area contributed by atoms with Crippen LogP contribution in [-0.2, 0) is 9.47 Å². The van der Waals surface area contributed by atoms with Gasteiger partial charge in [-0.25, -0.2) is 0 Å². The van der Waals surface area contributed by atoms with E-state index in [0.29, 0.717) is 13.2 Å². The lowest BCUT2D eigenvalue weighted by atomic mass is 10.3. The third-order valence-corrected chi connectivity index (χ3v) is 1.69. The third kappa shape index (κ3) is 8.23. The molecule has 3 heteroatoms. The van der Waals surface area contributed by atoms with Gasteiger partial charge in [0.2, 0.25) is 0 Å². The van der Waals surface area contributed by atoms with E-state index in [1.807, 2.05) is 20.8 Å². The van der Waals surface area contributed by atoms with Crippen molar-refractivity contribution in [3.63, 3.8) is 0 Å². The van der Waals surface area contributed by atoms with Crippen molar-refractivity contribution in [1.82, 2.24) is 5.32 Å². The van der Waals surface area contributed by atoms with E-state index in [1.54, 1.807) is 0 Å². The summed E-state index contributed by atoms with van der Waals surface area (Å²) in [7, 11) is 0. The molecule has 84 valence electrons. The first kappa shape index (κ1) is 13.6. The summed E-state index contributed by atoms with van der Waals surface area (Å²) in [5.41, 5.74) is 1.15. The molecule has 0 aromatic carbocycles. The molecule has 0 unspecified atom stereocenters. The topological polar surface area (TPSA) is 30.5 Å². The summed E-state index contributed by atoms with van der Waals surface area (Å²) in [6.07, 6.45) is 0.817. The highest BCUT2D eigenvalue weighted by atomic mass is 16.7. The molecule has 0 aromatic rings. The molecule has 3 nitrogen and oxygen atoms in total. The van der Waals surface area contributed by atoms with Crippen molar-refractivity contribution in [2.24, 2.45) is 0 Å². The number of hydrogen-bond donors (Lipinski definition) is 1. The molecule has 0 atom stereocenters. The first-order chi connectivity index (χ1) is 6.70. The van der Waals surface area contributed by atoms with Crippen molar-refractivity contribution in [2.75, 3.05) is 26.3 Å². The summed E-state index contributed by atoms with van der Waals surface area (Å²) in [6, 6.07) is 0. The number of ether oxygens (including phenoxy) is 2. The largest absolute Gasteiger partial charge is 0.353 e. The van der Waals surface area contributed by atoms with E-state index in [0.717, 1.165) is 25.1 Å². The molecule has 0 aliphatic heterocycles. The molecular weight excluding hydrogens is 178 g/mol. The average molecular weight is 201 g/mol. The monoisotopic (exact) mass is 201 g/mol. The summed E-state index contributed by atoms with van der Waals surface area (Å²) in [5, 5.41) is 3.27. The molecule has 0 fully saturated rings. The fourth-order valence-electron chi connectivity index (χ4n) is 1.11. The van der Waals surface area contributed by atoms with Crippen molar-refractivity contribution in [2.45, 2.75) is 33.5 Å². The van der Waals surface area contributed by atoms with Crippen LogP contribution in [0, 0.1) is 0 Å². The van der Waals surface area contributed by atoms with E-state index >= 15 is 0 Å². The SMILES string of the molecule is C=C(C)CNCCC(OCC)OCC. The standard InChI is InChI=1S/C11H23NO2/c1-5-13-11(14-6-2)7-8-12-9-10(3)4/h11-12H,3,5-9H2,1-2,4H3. The average Bonchev–Trinajstić information content (AvgIpc) is 2.12. The summed E-state index contributed by atoms with van der Waals surface area (Å²) < 4.78 is 10.8. The van der Waals surface area contributed by atoms with Crippen molar-refractivity contribution < 1.29 is 9.47 Å². The van der Waals surface area contributed by atoms with Crippen molar-refractivity contribution in [3.8, 4) is 0 Å². The summed E-state index contributed by atoms with van der Waals surface area (Å²) >= 11 is 0. The predicted octanol–water partition coefficient (Wildman–Crippen LogP) is 1.94. The van der Waals surface area contributed by atoms with E-state index in [9.17, 15) is 0 Å². The number of nitrogens with one attached hydrogen (secondary N) is 1. The second kappa shape index (κ2) is 9.19. The molecule has 0 aliphatic rings. The van der Waals surface area contributed by atoms with Gasteiger partial charge in [0.05, 0.1) is 0 Å². The molecule has 0 aliphatic carbocycles. The Bertz CT molecular complexity index is 142. The van der Waals surface area contributed by atoms with Crippen LogP contribution in [0.2, 0.25) is 0 Å². The minimum Gasteiger partial charge on any atom is -0.353 e. The van der Waals surface area contributed by atoms with Gasteiger partial charge in [-0.3, -0.25) is 0 Å². The van der Waals surface area contributed by atoms with Crippen LogP contribution in [0.15, 0.2) is 12.2 Å². The molecule has 0 aromatic heterocycles. The Hall–Kier alpha value is -0.380. The molecule has 1 N–H and O–H groups in total. The summed E-state index contributed by atoms with van der Waals surface area (Å²) in [6.45, 7) is 13.0. The zero-order valence-corrected chi connectivity index (χ0v) is 9.64. The quantitative estimate of drug-likeness (QED) is 0.351. The van der Waals surface area contributed by atoms with Gasteiger partial charge >= 0.3 is 0 Å². The second-order valence-corrected chi connectivity index (χ2v) is 3.26. The van der Waals surface area contributed by atoms with Gasteiger partial charge in [-0.15, -0.1) is 0 Å². The molecule has 0 saturated carbocycles. The lowest BCUT2D eigenvalue weighted by Crippen LogP contribution is -2.25. The fraction of sp³-hybridized carbons (Fsp3) is 0.818. The van der Waals surface area contributed by atoms with Gasteiger partial charge < -0.3 is 14.8 Å². The molecular formula is C11H23NO2. The number of hydrogen-bond acceptors (Lipinski definition) is 3. The van der Waals surface area contributed by atoms with Crippen molar-refractivity contribution in [3.05, 3.63) is 12.2 Å². The Morgan fingerprint density at radius 3 is 2.29 bits per heavy atom. The maximum Gasteiger partial charge on any atom is 0.158 e. The third-order valence-electron chi connectivity index (χ3n) is 1.69. The van der Waals surface area contributed by atoms with Crippen LogP contribution in [0.25, 0.3) is 0 Å². The Kier molecular flexibility index (Phi) is 8.94. The van der Waals surface area contributed by atoms with Crippen LogP contribution in [-0.4, -0.2) is 32.6 Å². The van der Waals surface area contributed by atoms with E-state index in [2.05, 4.69) is 11.9 Å². The lowest BCUT2D eigenvalue weighted by Gasteiger charge is -2.16. The molecule has 14 heavy (non-hydrogen) atoms. The summed E-state index contributed by atoms with van der Waals surface area (Å²) in [5.74, 6) is 0. The zero-order chi connectivity index (χ0) is 10.8. The maximum absolute atomic E-state index is 5.40. The first-order valence-corrected chi connectivity index (χ1v) is 5.29. The zero-order valence-electron chi connectivity index (χ0n) is 9.64. The van der Waals surface area contributed by atoms with Gasteiger partial charge in [0.25, 0.3) is 0 Å². The van der Waals surface area contributed by atoms with E-state index < -0.39 is 0 Å². The van der Waals surface area contributed by atoms with Crippen LogP contribution in [0.3, 0.4) is 0 Å². The summed E-state index contributed by atoms with van der Waals surface area (Å²) in [4.78, 5) is 0. The molecule has 0 bridgehead atoms. The fourth-order valence-corrected chi connectivity index (χ4v) is 1.11. The van der Waals surface area contributed by atoms with Crippen molar-refractivity contribution in [1.29, 1.82) is 0 Å². The predicted molar refractivity (Wildman–Crippen MR) is 59.3 cm³/mol. The van der Waals surface area contributed by atoms with Gasteiger partial charge in [0.1, 0.15) is 0 Å². The Labute approximate surface area is 87.5 Å². The Morgan fingerprint density at radius 1 is 1.29 bits per heavy atom. The van der Waals surface area contributed by atoms with Gasteiger partial charge in [-0.1, -0.05) is 12.2 Å². The maximum atomic E-state index is 5.40. The molecule has 0 spiro atoms. The highest BCUT2D eigenvalue weighted by Gasteiger charge is 2.06. The second-order valence-electron chi connectivity index (χ2n) is 3.26. The van der Waals surface area contributed by atoms with E-state index in [-0.39, 0.29) is 6.29 Å². The molecule has 0 radical (unpaired) electrons. The minimum atomic E-state index is -0.0670. The van der Waals surface area contributed by atoms with Crippen LogP contribution in [0.1, 0.15) is 27.2 Å². The van der Waals surface area contributed by atoms with Crippen LogP contribution < -0.4 is 5.32 Å². The van der Waals surface area contributed by atoms with Gasteiger partial charge in [0, 0.05) is 32.7 Å². The first-order valence-electron chi connectivity index (χ1n) is 5.29. The molecule has 0 rings (SSSR count). The highest BCUT2D eigenvalue weighted by Crippen LogP contribution is 1.99. The van der Waals surface area contributed by atoms with E-state index in [4.69, 9.17) is 9.47 Å².